The van der Waals surface area contributed by atoms with Gasteiger partial charge in [0.25, 0.3) is 0 Å². The molecule has 2 aromatic heterocycles. The summed E-state index contributed by atoms with van der Waals surface area (Å²) in [5.74, 6) is -0.185. The lowest BCUT2D eigenvalue weighted by Gasteiger charge is -2.13. The van der Waals surface area contributed by atoms with E-state index in [1.807, 2.05) is 0 Å². The van der Waals surface area contributed by atoms with E-state index in [2.05, 4.69) is 20.5 Å². The minimum absolute atomic E-state index is 0.0583. The number of hydrogen-bond acceptors (Lipinski definition) is 4. The molecule has 9 heteroatoms. The summed E-state index contributed by atoms with van der Waals surface area (Å²) in [5.41, 5.74) is 1.27. The van der Waals surface area contributed by atoms with Crippen LogP contribution < -0.4 is 15.4 Å². The molecule has 1 aliphatic rings. The summed E-state index contributed by atoms with van der Waals surface area (Å²) in [7, 11) is -3.53. The number of aromatic nitrogens is 2. The minimum atomic E-state index is -3.53. The maximum absolute atomic E-state index is 12.1. The minimum Gasteiger partial charge on any atom is -0.337 e. The van der Waals surface area contributed by atoms with Gasteiger partial charge in [0.1, 0.15) is 0 Å². The van der Waals surface area contributed by atoms with Crippen LogP contribution in [0.15, 0.2) is 30.6 Å². The molecule has 2 heterocycles. The molecule has 2 amide bonds. The Kier molecular flexibility index (Phi) is 4.89. The second-order valence-electron chi connectivity index (χ2n) is 5.92. The largest absolute Gasteiger partial charge is 0.337 e. The molecule has 0 saturated heterocycles. The predicted molar refractivity (Wildman–Crippen MR) is 91.4 cm³/mol. The number of amides is 2. The topological polar surface area (TPSA) is 105 Å². The van der Waals surface area contributed by atoms with Crippen LogP contribution in [0.4, 0.5) is 10.5 Å². The third-order valence-corrected chi connectivity index (χ3v) is 5.31. The van der Waals surface area contributed by atoms with Crippen LogP contribution in [-0.2, 0) is 10.0 Å². The molecular formula is C15H21N5O3S. The van der Waals surface area contributed by atoms with Crippen molar-refractivity contribution in [2.24, 2.45) is 0 Å². The van der Waals surface area contributed by atoms with E-state index in [4.69, 9.17) is 0 Å². The maximum Gasteiger partial charge on any atom is 0.315 e. The normalized spacial score (nSPS) is 15.5. The SMILES string of the molecule is O=C(NCCS(=O)(=O)Nc1ccn2nccc2c1)NC1CCCC1. The third kappa shape index (κ3) is 4.38. The Morgan fingerprint density at radius 1 is 1.29 bits per heavy atom. The number of carbonyl (C=O) groups excluding carboxylic acids is 1. The highest BCUT2D eigenvalue weighted by Crippen LogP contribution is 2.17. The molecule has 2 aromatic rings. The number of pyridine rings is 1. The van der Waals surface area contributed by atoms with E-state index in [-0.39, 0.29) is 24.4 Å². The highest BCUT2D eigenvalue weighted by Gasteiger charge is 2.17. The summed E-state index contributed by atoms with van der Waals surface area (Å²) >= 11 is 0. The summed E-state index contributed by atoms with van der Waals surface area (Å²) in [6.45, 7) is 0.0583. The average molecular weight is 351 g/mol. The van der Waals surface area contributed by atoms with E-state index in [0.717, 1.165) is 31.2 Å². The summed E-state index contributed by atoms with van der Waals surface area (Å²) in [4.78, 5) is 11.7. The van der Waals surface area contributed by atoms with Gasteiger partial charge in [-0.05, 0) is 31.0 Å². The molecule has 0 radical (unpaired) electrons. The molecule has 0 aliphatic heterocycles. The monoisotopic (exact) mass is 351 g/mol. The number of nitrogens with zero attached hydrogens (tertiary/aromatic N) is 2. The number of carbonyl (C=O) groups is 1. The van der Waals surface area contributed by atoms with Crippen LogP contribution in [0.1, 0.15) is 25.7 Å². The molecule has 1 saturated carbocycles. The van der Waals surface area contributed by atoms with Gasteiger partial charge in [0.15, 0.2) is 0 Å². The summed E-state index contributed by atoms with van der Waals surface area (Å²) in [5, 5.41) is 9.50. The molecule has 8 nitrogen and oxygen atoms in total. The first-order valence-electron chi connectivity index (χ1n) is 8.00. The van der Waals surface area contributed by atoms with Gasteiger partial charge >= 0.3 is 6.03 Å². The molecule has 1 fully saturated rings. The Balaban J connectivity index is 1.47. The molecule has 0 aromatic carbocycles. The van der Waals surface area contributed by atoms with Gasteiger partial charge < -0.3 is 10.6 Å². The van der Waals surface area contributed by atoms with Crippen molar-refractivity contribution in [2.45, 2.75) is 31.7 Å². The van der Waals surface area contributed by atoms with Crippen LogP contribution in [0.25, 0.3) is 5.52 Å². The summed E-state index contributed by atoms with van der Waals surface area (Å²) in [6.07, 6.45) is 7.56. The van der Waals surface area contributed by atoms with E-state index in [9.17, 15) is 13.2 Å². The van der Waals surface area contributed by atoms with Crippen molar-refractivity contribution in [1.82, 2.24) is 20.2 Å². The fourth-order valence-electron chi connectivity index (χ4n) is 2.82. The van der Waals surface area contributed by atoms with Gasteiger partial charge in [0, 0.05) is 25.0 Å². The lowest BCUT2D eigenvalue weighted by Crippen LogP contribution is -2.42. The fraction of sp³-hybridized carbons (Fsp3) is 0.467. The Hall–Kier alpha value is -2.29. The smallest absolute Gasteiger partial charge is 0.315 e. The zero-order chi connectivity index (χ0) is 17.0. The summed E-state index contributed by atoms with van der Waals surface area (Å²) < 4.78 is 28.3. The van der Waals surface area contributed by atoms with Crippen molar-refractivity contribution in [2.75, 3.05) is 17.0 Å². The number of anilines is 1. The van der Waals surface area contributed by atoms with Crippen molar-refractivity contribution in [3.63, 3.8) is 0 Å². The van der Waals surface area contributed by atoms with Gasteiger partial charge in [-0.25, -0.2) is 17.7 Å². The molecule has 24 heavy (non-hydrogen) atoms. The molecule has 3 rings (SSSR count). The van der Waals surface area contributed by atoms with Gasteiger partial charge in [-0.2, -0.15) is 5.10 Å². The van der Waals surface area contributed by atoms with Gasteiger partial charge in [-0.1, -0.05) is 12.8 Å². The van der Waals surface area contributed by atoms with Gasteiger partial charge in [-0.15, -0.1) is 0 Å². The maximum atomic E-state index is 12.1. The summed E-state index contributed by atoms with van der Waals surface area (Å²) in [6, 6.07) is 5.02. The number of urea groups is 1. The number of rotatable bonds is 6. The van der Waals surface area contributed by atoms with Gasteiger partial charge in [-0.3, -0.25) is 4.72 Å². The van der Waals surface area contributed by atoms with E-state index < -0.39 is 10.0 Å². The van der Waals surface area contributed by atoms with Crippen LogP contribution in [0.2, 0.25) is 0 Å². The first-order valence-corrected chi connectivity index (χ1v) is 9.65. The molecule has 1 aliphatic carbocycles. The zero-order valence-corrected chi connectivity index (χ0v) is 14.1. The lowest BCUT2D eigenvalue weighted by molar-refractivity contribution is 0.237. The second-order valence-corrected chi connectivity index (χ2v) is 7.76. The molecule has 0 atom stereocenters. The predicted octanol–water partition coefficient (Wildman–Crippen LogP) is 1.32. The highest BCUT2D eigenvalue weighted by atomic mass is 32.2. The third-order valence-electron chi connectivity index (χ3n) is 4.02. The molecule has 0 bridgehead atoms. The standard InChI is InChI=1S/C15H21N5O3S/c21-15(18-12-3-1-2-4-12)16-8-10-24(22,23)19-13-6-9-20-14(11-13)5-7-17-20/h5-7,9,11-12,19H,1-4,8,10H2,(H2,16,18,21). The van der Waals surface area contributed by atoms with E-state index in [1.54, 1.807) is 35.1 Å². The van der Waals surface area contributed by atoms with Crippen LogP contribution in [0.3, 0.4) is 0 Å². The van der Waals surface area contributed by atoms with Crippen LogP contribution in [-0.4, -0.2) is 42.4 Å². The fourth-order valence-corrected chi connectivity index (χ4v) is 3.78. The second kappa shape index (κ2) is 7.08. The highest BCUT2D eigenvalue weighted by molar-refractivity contribution is 7.92. The van der Waals surface area contributed by atoms with Crippen molar-refractivity contribution < 1.29 is 13.2 Å². The van der Waals surface area contributed by atoms with Crippen LogP contribution in [0.5, 0.6) is 0 Å². The van der Waals surface area contributed by atoms with Crippen molar-refractivity contribution in [3.8, 4) is 0 Å². The molecule has 0 spiro atoms. The van der Waals surface area contributed by atoms with Crippen molar-refractivity contribution >= 4 is 27.3 Å². The number of fused-ring (bicyclic) bond motifs is 1. The zero-order valence-electron chi connectivity index (χ0n) is 13.2. The lowest BCUT2D eigenvalue weighted by atomic mass is 10.3. The van der Waals surface area contributed by atoms with Crippen molar-refractivity contribution in [1.29, 1.82) is 0 Å². The molecule has 130 valence electrons. The Bertz CT molecular complexity index is 811. The van der Waals surface area contributed by atoms with Crippen LogP contribution >= 0.6 is 0 Å². The van der Waals surface area contributed by atoms with Crippen molar-refractivity contribution in [3.05, 3.63) is 30.6 Å². The average Bonchev–Trinajstić information content (AvgIpc) is 3.17. The number of hydrogen-bond donors (Lipinski definition) is 3. The Labute approximate surface area is 140 Å². The quantitative estimate of drug-likeness (QED) is 0.730. The molecule has 0 unspecified atom stereocenters. The van der Waals surface area contributed by atoms with E-state index >= 15 is 0 Å². The molecular weight excluding hydrogens is 330 g/mol. The van der Waals surface area contributed by atoms with Gasteiger partial charge in [0.05, 0.1) is 17.0 Å². The number of sulfonamides is 1. The number of nitrogens with one attached hydrogen (secondary N) is 3. The molecule has 3 N–H and O–H groups in total. The first kappa shape index (κ1) is 16.6. The first-order chi connectivity index (χ1) is 11.5. The Morgan fingerprint density at radius 2 is 2.08 bits per heavy atom. The van der Waals surface area contributed by atoms with E-state index in [1.165, 1.54) is 0 Å². The Morgan fingerprint density at radius 3 is 2.88 bits per heavy atom. The van der Waals surface area contributed by atoms with Crippen LogP contribution in [0, 0.1) is 0 Å². The van der Waals surface area contributed by atoms with E-state index in [0.29, 0.717) is 5.69 Å². The van der Waals surface area contributed by atoms with Gasteiger partial charge in [0.2, 0.25) is 10.0 Å².